The second-order valence-corrected chi connectivity index (χ2v) is 7.66. The molecule has 8 heteroatoms. The topological polar surface area (TPSA) is 62.6 Å². The zero-order valence-electron chi connectivity index (χ0n) is 15.8. The molecule has 1 aromatic rings. The second kappa shape index (κ2) is 8.14. The molecule has 7 nitrogen and oxygen atoms in total. The molecule has 0 aromatic carbocycles. The molecular weight excluding hydrogens is 338 g/mol. The van der Waals surface area contributed by atoms with Gasteiger partial charge < -0.3 is 10.1 Å². The Bertz CT molecular complexity index is 623. The number of rotatable bonds is 5. The van der Waals surface area contributed by atoms with Crippen LogP contribution in [-0.4, -0.2) is 64.2 Å². The molecule has 2 heterocycles. The van der Waals surface area contributed by atoms with Crippen LogP contribution >= 0.6 is 12.2 Å². The monoisotopic (exact) mass is 367 g/mol. The number of thiocarbonyl (C=S) groups is 1. The predicted octanol–water partition coefficient (Wildman–Crippen LogP) is 1.69. The maximum Gasteiger partial charge on any atom is 0.290 e. The van der Waals surface area contributed by atoms with Gasteiger partial charge >= 0.3 is 0 Å². The van der Waals surface area contributed by atoms with Gasteiger partial charge in [-0.3, -0.25) is 14.5 Å². The summed E-state index contributed by atoms with van der Waals surface area (Å²) in [6.45, 7) is 9.08. The van der Waals surface area contributed by atoms with Crippen molar-refractivity contribution >= 4 is 23.2 Å². The number of aryl methyl sites for hydroxylation is 1. The van der Waals surface area contributed by atoms with Crippen molar-refractivity contribution in [2.75, 3.05) is 33.4 Å². The van der Waals surface area contributed by atoms with E-state index in [1.54, 1.807) is 16.8 Å². The van der Waals surface area contributed by atoms with E-state index in [2.05, 4.69) is 31.2 Å². The van der Waals surface area contributed by atoms with E-state index >= 15 is 0 Å². The van der Waals surface area contributed by atoms with Gasteiger partial charge in [-0.05, 0) is 31.1 Å². The fourth-order valence-electron chi connectivity index (χ4n) is 2.70. The summed E-state index contributed by atoms with van der Waals surface area (Å²) in [4.78, 5) is 13.0. The standard InChI is InChI=1S/C17H29N5O2S/c1-17(2,3)14-12-13(20(4)19-14)15(23)21-9-7-10-22(21)16(25)18-8-6-11-24-5/h12H,6-11H2,1-5H3,(H,18,25). The van der Waals surface area contributed by atoms with Gasteiger partial charge in [0.15, 0.2) is 5.11 Å². The Morgan fingerprint density at radius 3 is 2.64 bits per heavy atom. The number of methoxy groups -OCH3 is 1. The summed E-state index contributed by atoms with van der Waals surface area (Å²) in [6, 6.07) is 1.88. The lowest BCUT2D eigenvalue weighted by molar-refractivity contribution is 0.0480. The second-order valence-electron chi connectivity index (χ2n) is 7.27. The summed E-state index contributed by atoms with van der Waals surface area (Å²) in [5.41, 5.74) is 1.39. The minimum Gasteiger partial charge on any atom is -0.385 e. The Hall–Kier alpha value is -1.67. The number of amides is 1. The average Bonchev–Trinajstić information content (AvgIpc) is 3.17. The third-order valence-corrected chi connectivity index (χ3v) is 4.52. The van der Waals surface area contributed by atoms with Gasteiger partial charge in [-0.25, -0.2) is 5.01 Å². The van der Waals surface area contributed by atoms with E-state index < -0.39 is 0 Å². The van der Waals surface area contributed by atoms with E-state index in [1.165, 1.54) is 0 Å². The lowest BCUT2D eigenvalue weighted by atomic mass is 9.92. The largest absolute Gasteiger partial charge is 0.385 e. The number of hydrogen-bond acceptors (Lipinski definition) is 4. The van der Waals surface area contributed by atoms with Crippen molar-refractivity contribution < 1.29 is 9.53 Å². The highest BCUT2D eigenvalue weighted by Gasteiger charge is 2.32. The summed E-state index contributed by atoms with van der Waals surface area (Å²) in [6.07, 6.45) is 1.77. The first-order chi connectivity index (χ1) is 11.8. The molecule has 1 aliphatic rings. The van der Waals surface area contributed by atoms with Crippen LogP contribution in [-0.2, 0) is 17.2 Å². The Balaban J connectivity index is 2.07. The van der Waals surface area contributed by atoms with Gasteiger partial charge in [-0.1, -0.05) is 20.8 Å². The van der Waals surface area contributed by atoms with E-state index in [0.29, 0.717) is 24.0 Å². The van der Waals surface area contributed by atoms with Crippen molar-refractivity contribution in [3.05, 3.63) is 17.5 Å². The molecular formula is C17H29N5O2S. The molecule has 1 aliphatic heterocycles. The summed E-state index contributed by atoms with van der Waals surface area (Å²) < 4.78 is 6.70. The molecule has 0 saturated carbocycles. The van der Waals surface area contributed by atoms with Crippen LogP contribution in [0.4, 0.5) is 0 Å². The van der Waals surface area contributed by atoms with Gasteiger partial charge in [0, 0.05) is 45.8 Å². The highest BCUT2D eigenvalue weighted by molar-refractivity contribution is 7.80. The summed E-state index contributed by atoms with van der Waals surface area (Å²) in [7, 11) is 3.49. The summed E-state index contributed by atoms with van der Waals surface area (Å²) in [5.74, 6) is -0.0657. The van der Waals surface area contributed by atoms with Gasteiger partial charge in [0.2, 0.25) is 0 Å². The van der Waals surface area contributed by atoms with E-state index in [9.17, 15) is 4.79 Å². The molecule has 0 spiro atoms. The van der Waals surface area contributed by atoms with Crippen LogP contribution in [0.5, 0.6) is 0 Å². The first kappa shape index (κ1) is 19.7. The normalized spacial score (nSPS) is 14.9. The molecule has 1 saturated heterocycles. The third kappa shape index (κ3) is 4.70. The quantitative estimate of drug-likeness (QED) is 0.631. The van der Waals surface area contributed by atoms with Gasteiger partial charge in [0.1, 0.15) is 5.69 Å². The minimum atomic E-state index is -0.0980. The van der Waals surface area contributed by atoms with E-state index in [4.69, 9.17) is 17.0 Å². The molecule has 1 N–H and O–H groups in total. The fourth-order valence-corrected chi connectivity index (χ4v) is 3.00. The number of hydrogen-bond donors (Lipinski definition) is 1. The predicted molar refractivity (Wildman–Crippen MR) is 101 cm³/mol. The molecule has 1 fully saturated rings. The number of nitrogens with one attached hydrogen (secondary N) is 1. The fraction of sp³-hybridized carbons (Fsp3) is 0.706. The van der Waals surface area contributed by atoms with Crippen LogP contribution < -0.4 is 5.32 Å². The van der Waals surface area contributed by atoms with Crippen molar-refractivity contribution in [3.8, 4) is 0 Å². The van der Waals surface area contributed by atoms with E-state index in [-0.39, 0.29) is 11.3 Å². The molecule has 2 rings (SSSR count). The van der Waals surface area contributed by atoms with Crippen LogP contribution in [0, 0.1) is 0 Å². The van der Waals surface area contributed by atoms with Crippen molar-refractivity contribution in [1.82, 2.24) is 25.1 Å². The lowest BCUT2D eigenvalue weighted by Gasteiger charge is -2.30. The van der Waals surface area contributed by atoms with Crippen molar-refractivity contribution in [2.45, 2.75) is 39.0 Å². The average molecular weight is 368 g/mol. The van der Waals surface area contributed by atoms with Crippen LogP contribution in [0.3, 0.4) is 0 Å². The van der Waals surface area contributed by atoms with E-state index in [0.717, 1.165) is 31.6 Å². The minimum absolute atomic E-state index is 0.0657. The third-order valence-electron chi connectivity index (χ3n) is 4.17. The van der Waals surface area contributed by atoms with Gasteiger partial charge in [-0.15, -0.1) is 0 Å². The SMILES string of the molecule is COCCCNC(=S)N1CCCN1C(=O)c1cc(C(C)(C)C)nn1C. The van der Waals surface area contributed by atoms with E-state index in [1.807, 2.05) is 18.1 Å². The molecule has 1 amide bonds. The Morgan fingerprint density at radius 1 is 1.36 bits per heavy atom. The number of carbonyl (C=O) groups excluding carboxylic acids is 1. The maximum absolute atomic E-state index is 13.0. The van der Waals surface area contributed by atoms with Crippen molar-refractivity contribution in [3.63, 3.8) is 0 Å². The number of nitrogens with zero attached hydrogens (tertiary/aromatic N) is 4. The molecule has 1 aromatic heterocycles. The number of ether oxygens (including phenoxy) is 1. The van der Waals surface area contributed by atoms with Crippen LogP contribution in [0.25, 0.3) is 0 Å². The molecule has 0 radical (unpaired) electrons. The van der Waals surface area contributed by atoms with Gasteiger partial charge in [0.25, 0.3) is 5.91 Å². The highest BCUT2D eigenvalue weighted by atomic mass is 32.1. The summed E-state index contributed by atoms with van der Waals surface area (Å²) >= 11 is 5.46. The van der Waals surface area contributed by atoms with Crippen LogP contribution in [0.1, 0.15) is 49.8 Å². The van der Waals surface area contributed by atoms with Gasteiger partial charge in [0.05, 0.1) is 5.69 Å². The molecule has 0 bridgehead atoms. The molecule has 0 aliphatic carbocycles. The highest BCUT2D eigenvalue weighted by Crippen LogP contribution is 2.23. The zero-order chi connectivity index (χ0) is 18.6. The van der Waals surface area contributed by atoms with Gasteiger partial charge in [-0.2, -0.15) is 5.10 Å². The number of aromatic nitrogens is 2. The molecule has 140 valence electrons. The summed E-state index contributed by atoms with van der Waals surface area (Å²) in [5, 5.41) is 11.9. The number of carbonyl (C=O) groups is 1. The molecule has 0 atom stereocenters. The van der Waals surface area contributed by atoms with Crippen LogP contribution in [0.15, 0.2) is 6.07 Å². The van der Waals surface area contributed by atoms with Crippen molar-refractivity contribution in [2.24, 2.45) is 7.05 Å². The van der Waals surface area contributed by atoms with Crippen molar-refractivity contribution in [1.29, 1.82) is 0 Å². The molecule has 0 unspecified atom stereocenters. The molecule has 25 heavy (non-hydrogen) atoms. The first-order valence-corrected chi connectivity index (χ1v) is 9.07. The lowest BCUT2D eigenvalue weighted by Crippen LogP contribution is -2.49. The number of hydrazine groups is 1. The zero-order valence-corrected chi connectivity index (χ0v) is 16.7. The van der Waals surface area contributed by atoms with Crippen LogP contribution in [0.2, 0.25) is 0 Å². The Labute approximate surface area is 155 Å². The maximum atomic E-state index is 13.0. The Morgan fingerprint density at radius 2 is 2.04 bits per heavy atom. The Kier molecular flexibility index (Phi) is 6.40. The smallest absolute Gasteiger partial charge is 0.290 e. The first-order valence-electron chi connectivity index (χ1n) is 8.66.